The second kappa shape index (κ2) is 8.34. The van der Waals surface area contributed by atoms with Crippen LogP contribution in [-0.4, -0.2) is 33.7 Å². The van der Waals surface area contributed by atoms with E-state index in [9.17, 15) is 14.7 Å². The molecule has 0 radical (unpaired) electrons. The third-order valence-corrected chi connectivity index (χ3v) is 5.22. The summed E-state index contributed by atoms with van der Waals surface area (Å²) in [5.74, 6) is -1.34. The molecule has 30 heavy (non-hydrogen) atoms. The average molecular weight is 402 g/mol. The largest absolute Gasteiger partial charge is 0.480 e. The molecular weight excluding hydrogens is 380 g/mol. The van der Waals surface area contributed by atoms with Crippen LogP contribution in [0.1, 0.15) is 23.2 Å². The molecule has 0 saturated heterocycles. The summed E-state index contributed by atoms with van der Waals surface area (Å²) in [5, 5.41) is 14.3. The zero-order chi connectivity index (χ0) is 21.1. The van der Waals surface area contributed by atoms with Crippen molar-refractivity contribution in [1.29, 1.82) is 0 Å². The lowest BCUT2D eigenvalue weighted by Crippen LogP contribution is -2.32. The van der Waals surface area contributed by atoms with Crippen LogP contribution in [0.15, 0.2) is 65.3 Å². The van der Waals surface area contributed by atoms with E-state index in [1.54, 1.807) is 6.08 Å². The number of hydrazone groups is 1. The van der Waals surface area contributed by atoms with Crippen molar-refractivity contribution in [2.75, 3.05) is 0 Å². The van der Waals surface area contributed by atoms with Gasteiger partial charge in [-0.3, -0.25) is 9.59 Å². The maximum atomic E-state index is 12.4. The molecule has 2 heterocycles. The number of H-pyrrole nitrogens is 1. The van der Waals surface area contributed by atoms with Crippen LogP contribution in [0.4, 0.5) is 0 Å². The van der Waals surface area contributed by atoms with E-state index in [1.165, 1.54) is 0 Å². The molecule has 1 aliphatic rings. The Balaban J connectivity index is 1.67. The van der Waals surface area contributed by atoms with Crippen molar-refractivity contribution < 1.29 is 14.7 Å². The summed E-state index contributed by atoms with van der Waals surface area (Å²) < 4.78 is 0. The Labute approximate surface area is 173 Å². The summed E-state index contributed by atoms with van der Waals surface area (Å²) in [7, 11) is 0. The number of aryl methyl sites for hydroxylation is 1. The maximum Gasteiger partial charge on any atom is 0.320 e. The number of rotatable bonds is 7. The molecule has 0 bridgehead atoms. The van der Waals surface area contributed by atoms with Crippen LogP contribution in [0.5, 0.6) is 0 Å². The molecule has 1 unspecified atom stereocenters. The van der Waals surface area contributed by atoms with Gasteiger partial charge in [0.25, 0.3) is 5.91 Å². The number of amides is 1. The van der Waals surface area contributed by atoms with Crippen molar-refractivity contribution in [3.8, 4) is 0 Å². The number of nitrogens with one attached hydrogen (secondary N) is 2. The number of hydrogen-bond donors (Lipinski definition) is 4. The van der Waals surface area contributed by atoms with Gasteiger partial charge in [-0.05, 0) is 36.1 Å². The minimum absolute atomic E-state index is 0.149. The number of carboxylic acid groups (broad SMARTS) is 1. The summed E-state index contributed by atoms with van der Waals surface area (Å²) in [6, 6.07) is 16.6. The first-order chi connectivity index (χ1) is 14.5. The van der Waals surface area contributed by atoms with Gasteiger partial charge < -0.3 is 15.8 Å². The van der Waals surface area contributed by atoms with Crippen molar-refractivity contribution in [3.05, 3.63) is 77.0 Å². The minimum Gasteiger partial charge on any atom is -0.480 e. The summed E-state index contributed by atoms with van der Waals surface area (Å²) in [6.07, 6.45) is 3.26. The molecule has 0 spiro atoms. The molecule has 1 aliphatic heterocycles. The Morgan fingerprint density at radius 1 is 1.10 bits per heavy atom. The molecule has 0 aliphatic carbocycles. The number of hydrogen-bond acceptors (Lipinski definition) is 4. The highest BCUT2D eigenvalue weighted by atomic mass is 16.4. The highest BCUT2D eigenvalue weighted by Gasteiger charge is 2.24. The predicted molar refractivity (Wildman–Crippen MR) is 116 cm³/mol. The van der Waals surface area contributed by atoms with Gasteiger partial charge in [0, 0.05) is 23.0 Å². The van der Waals surface area contributed by atoms with Crippen LogP contribution < -0.4 is 11.2 Å². The smallest absolute Gasteiger partial charge is 0.320 e. The zero-order valence-electron chi connectivity index (χ0n) is 16.3. The predicted octanol–water partition coefficient (Wildman–Crippen LogP) is 2.62. The number of carbonyl (C=O) groups excluding carboxylic acids is 1. The van der Waals surface area contributed by atoms with Crippen LogP contribution in [0, 0.1) is 0 Å². The summed E-state index contributed by atoms with van der Waals surface area (Å²) in [4.78, 5) is 27.0. The quantitative estimate of drug-likeness (QED) is 0.454. The number of nitrogens with zero attached hydrogens (tertiary/aromatic N) is 1. The molecule has 7 nitrogen and oxygen atoms in total. The van der Waals surface area contributed by atoms with Gasteiger partial charge in [-0.25, -0.2) is 5.43 Å². The van der Waals surface area contributed by atoms with Gasteiger partial charge in [0.2, 0.25) is 0 Å². The van der Waals surface area contributed by atoms with E-state index < -0.39 is 12.0 Å². The van der Waals surface area contributed by atoms with Gasteiger partial charge in [-0.15, -0.1) is 0 Å². The van der Waals surface area contributed by atoms with Crippen LogP contribution in [-0.2, 0) is 22.4 Å². The Morgan fingerprint density at radius 3 is 2.60 bits per heavy atom. The Kier molecular flexibility index (Phi) is 5.45. The number of para-hydroxylation sites is 1. The SMILES string of the molecule is NC(Cc1c(C=C2C(=O)NN=C2CCc2ccccc2)[nH]c2ccccc12)C(=O)O. The van der Waals surface area contributed by atoms with E-state index in [-0.39, 0.29) is 12.3 Å². The fourth-order valence-corrected chi connectivity index (χ4v) is 3.63. The molecule has 3 aromatic rings. The maximum absolute atomic E-state index is 12.4. The van der Waals surface area contributed by atoms with E-state index in [2.05, 4.69) is 15.5 Å². The van der Waals surface area contributed by atoms with E-state index in [0.717, 1.165) is 28.5 Å². The number of carboxylic acids is 1. The molecule has 0 fully saturated rings. The molecule has 1 aromatic heterocycles. The topological polar surface area (TPSA) is 121 Å². The minimum atomic E-state index is -1.07. The second-order valence-electron chi connectivity index (χ2n) is 7.25. The Morgan fingerprint density at radius 2 is 1.83 bits per heavy atom. The molecule has 2 aromatic carbocycles. The van der Waals surface area contributed by atoms with Crippen molar-refractivity contribution in [2.45, 2.75) is 25.3 Å². The van der Waals surface area contributed by atoms with Crippen LogP contribution in [0.3, 0.4) is 0 Å². The van der Waals surface area contributed by atoms with E-state index >= 15 is 0 Å². The monoisotopic (exact) mass is 402 g/mol. The van der Waals surface area contributed by atoms with Crippen molar-refractivity contribution >= 4 is 34.6 Å². The van der Waals surface area contributed by atoms with Crippen LogP contribution >= 0.6 is 0 Å². The lowest BCUT2D eigenvalue weighted by atomic mass is 9.98. The Hall–Kier alpha value is -3.71. The lowest BCUT2D eigenvalue weighted by molar-refractivity contribution is -0.138. The number of aromatic nitrogens is 1. The number of fused-ring (bicyclic) bond motifs is 1. The fraction of sp³-hybridized carbons (Fsp3) is 0.174. The second-order valence-corrected chi connectivity index (χ2v) is 7.25. The Bertz CT molecular complexity index is 1160. The van der Waals surface area contributed by atoms with E-state index in [1.807, 2.05) is 54.6 Å². The number of benzene rings is 2. The molecule has 152 valence electrons. The zero-order valence-corrected chi connectivity index (χ0v) is 16.3. The average Bonchev–Trinajstić information content (AvgIpc) is 3.28. The molecule has 4 rings (SSSR count). The van der Waals surface area contributed by atoms with Crippen molar-refractivity contribution in [2.24, 2.45) is 10.8 Å². The van der Waals surface area contributed by atoms with Crippen LogP contribution in [0.2, 0.25) is 0 Å². The highest BCUT2D eigenvalue weighted by Crippen LogP contribution is 2.27. The molecule has 0 saturated carbocycles. The summed E-state index contributed by atoms with van der Waals surface area (Å²) >= 11 is 0. The van der Waals surface area contributed by atoms with Crippen molar-refractivity contribution in [1.82, 2.24) is 10.4 Å². The number of aliphatic carboxylic acids is 1. The highest BCUT2D eigenvalue weighted by molar-refractivity contribution is 6.27. The van der Waals surface area contributed by atoms with Gasteiger partial charge in [0.15, 0.2) is 0 Å². The van der Waals surface area contributed by atoms with E-state index in [0.29, 0.717) is 23.4 Å². The summed E-state index contributed by atoms with van der Waals surface area (Å²) in [5.41, 5.74) is 13.0. The van der Waals surface area contributed by atoms with Gasteiger partial charge in [0.05, 0.1) is 11.3 Å². The number of nitrogens with two attached hydrogens (primary N) is 1. The molecule has 1 amide bonds. The molecule has 7 heteroatoms. The number of carbonyl (C=O) groups is 2. The van der Waals surface area contributed by atoms with Gasteiger partial charge in [-0.1, -0.05) is 48.5 Å². The summed E-state index contributed by atoms with van der Waals surface area (Å²) in [6.45, 7) is 0. The van der Waals surface area contributed by atoms with Crippen molar-refractivity contribution in [3.63, 3.8) is 0 Å². The first kappa shape index (κ1) is 19.6. The lowest BCUT2D eigenvalue weighted by Gasteiger charge is -2.08. The molecular formula is C23H22N4O3. The first-order valence-corrected chi connectivity index (χ1v) is 9.74. The first-order valence-electron chi connectivity index (χ1n) is 9.74. The number of aromatic amines is 1. The fourth-order valence-electron chi connectivity index (χ4n) is 3.63. The third kappa shape index (κ3) is 4.01. The van der Waals surface area contributed by atoms with Gasteiger partial charge in [0.1, 0.15) is 6.04 Å². The van der Waals surface area contributed by atoms with Gasteiger partial charge in [-0.2, -0.15) is 5.10 Å². The van der Waals surface area contributed by atoms with Gasteiger partial charge >= 0.3 is 5.97 Å². The standard InChI is InChI=1S/C23H22N4O3/c24-18(23(29)30)12-16-15-8-4-5-9-19(15)25-21(16)13-17-20(26-27-22(17)28)11-10-14-6-2-1-3-7-14/h1-9,13,18,25H,10-12,24H2,(H,27,28)(H,29,30). The van der Waals surface area contributed by atoms with Crippen LogP contribution in [0.25, 0.3) is 17.0 Å². The van der Waals surface area contributed by atoms with E-state index in [4.69, 9.17) is 5.73 Å². The third-order valence-electron chi connectivity index (χ3n) is 5.22. The normalized spacial score (nSPS) is 16.0. The molecule has 1 atom stereocenters. The molecule has 5 N–H and O–H groups in total.